The van der Waals surface area contributed by atoms with Crippen molar-refractivity contribution in [1.29, 1.82) is 0 Å². The van der Waals surface area contributed by atoms with Crippen molar-refractivity contribution >= 4 is 15.9 Å². The zero-order valence-electron chi connectivity index (χ0n) is 9.44. The fourth-order valence-corrected chi connectivity index (χ4v) is 2.04. The monoisotopic (exact) mass is 291 g/mol. The summed E-state index contributed by atoms with van der Waals surface area (Å²) in [4.78, 5) is 8.68. The summed E-state index contributed by atoms with van der Waals surface area (Å²) in [6.45, 7) is 0.633. The Bertz CT molecular complexity index is 482. The number of nitrogens with two attached hydrogens (primary N) is 1. The highest BCUT2D eigenvalue weighted by molar-refractivity contribution is 9.10. The lowest BCUT2D eigenvalue weighted by Gasteiger charge is -2.02. The first-order valence-corrected chi connectivity index (χ1v) is 6.31. The molecule has 2 aromatic rings. The fraction of sp³-hybridized carbons (Fsp3) is 0.231. The number of hydrogen-bond acceptors (Lipinski definition) is 3. The smallest absolute Gasteiger partial charge is 0.132 e. The molecule has 0 fully saturated rings. The number of nitrogens with zero attached hydrogens (tertiary/aromatic N) is 2. The summed E-state index contributed by atoms with van der Waals surface area (Å²) in [6, 6.07) is 8.18. The van der Waals surface area contributed by atoms with Gasteiger partial charge >= 0.3 is 0 Å². The van der Waals surface area contributed by atoms with Gasteiger partial charge in [-0.15, -0.1) is 0 Å². The van der Waals surface area contributed by atoms with Gasteiger partial charge in [0, 0.05) is 23.3 Å². The molecular weight excluding hydrogens is 278 g/mol. The van der Waals surface area contributed by atoms with E-state index in [0.717, 1.165) is 28.7 Å². The van der Waals surface area contributed by atoms with Crippen LogP contribution in [0, 0.1) is 0 Å². The Morgan fingerprint density at radius 3 is 2.53 bits per heavy atom. The first-order chi connectivity index (χ1) is 8.28. The molecule has 0 saturated carbocycles. The standard InChI is InChI=1S/C13H14BrN3/c14-12-3-1-2-10(6-12)7-13-16-8-11(4-5-15)9-17-13/h1-3,6,8-9H,4-5,7,15H2. The number of benzene rings is 1. The summed E-state index contributed by atoms with van der Waals surface area (Å²) in [6.07, 6.45) is 5.29. The van der Waals surface area contributed by atoms with E-state index in [1.807, 2.05) is 24.5 Å². The predicted octanol–water partition coefficient (Wildman–Crippen LogP) is 2.33. The number of aromatic nitrogens is 2. The maximum Gasteiger partial charge on any atom is 0.132 e. The second kappa shape index (κ2) is 5.89. The molecule has 0 aliphatic rings. The van der Waals surface area contributed by atoms with Gasteiger partial charge in [0.05, 0.1) is 0 Å². The minimum atomic E-state index is 0.633. The van der Waals surface area contributed by atoms with Crippen LogP contribution in [0.5, 0.6) is 0 Å². The molecule has 0 atom stereocenters. The van der Waals surface area contributed by atoms with E-state index in [1.54, 1.807) is 0 Å². The average Bonchev–Trinajstić information content (AvgIpc) is 2.32. The van der Waals surface area contributed by atoms with Crippen molar-refractivity contribution < 1.29 is 0 Å². The highest BCUT2D eigenvalue weighted by Gasteiger charge is 2.00. The minimum Gasteiger partial charge on any atom is -0.330 e. The van der Waals surface area contributed by atoms with Crippen LogP contribution in [0.3, 0.4) is 0 Å². The lowest BCUT2D eigenvalue weighted by molar-refractivity contribution is 0.901. The zero-order valence-corrected chi connectivity index (χ0v) is 11.0. The SMILES string of the molecule is NCCc1cnc(Cc2cccc(Br)c2)nc1. The van der Waals surface area contributed by atoms with Crippen LogP contribution in [0.4, 0.5) is 0 Å². The molecule has 4 heteroatoms. The van der Waals surface area contributed by atoms with Gasteiger partial charge in [-0.1, -0.05) is 28.1 Å². The molecule has 0 spiro atoms. The Balaban J connectivity index is 2.08. The van der Waals surface area contributed by atoms with Crippen molar-refractivity contribution in [2.24, 2.45) is 5.73 Å². The summed E-state index contributed by atoms with van der Waals surface area (Å²) >= 11 is 3.45. The van der Waals surface area contributed by atoms with Crippen LogP contribution in [0.15, 0.2) is 41.1 Å². The lowest BCUT2D eigenvalue weighted by Crippen LogP contribution is -2.04. The van der Waals surface area contributed by atoms with Crippen LogP contribution in [-0.4, -0.2) is 16.5 Å². The maximum atomic E-state index is 5.48. The summed E-state index contributed by atoms with van der Waals surface area (Å²) in [5, 5.41) is 0. The van der Waals surface area contributed by atoms with Crippen LogP contribution < -0.4 is 5.73 Å². The summed E-state index contributed by atoms with van der Waals surface area (Å²) in [5.41, 5.74) is 7.77. The molecule has 17 heavy (non-hydrogen) atoms. The molecule has 0 bridgehead atoms. The summed E-state index contributed by atoms with van der Waals surface area (Å²) in [7, 11) is 0. The predicted molar refractivity (Wildman–Crippen MR) is 71.7 cm³/mol. The number of rotatable bonds is 4. The van der Waals surface area contributed by atoms with E-state index in [1.165, 1.54) is 5.56 Å². The van der Waals surface area contributed by atoms with Gasteiger partial charge in [0.1, 0.15) is 5.82 Å². The van der Waals surface area contributed by atoms with Crippen molar-refractivity contribution in [2.45, 2.75) is 12.8 Å². The third-order valence-electron chi connectivity index (χ3n) is 2.44. The van der Waals surface area contributed by atoms with Crippen molar-refractivity contribution in [3.8, 4) is 0 Å². The van der Waals surface area contributed by atoms with E-state index in [-0.39, 0.29) is 0 Å². The number of hydrogen-bond donors (Lipinski definition) is 1. The van der Waals surface area contributed by atoms with Crippen LogP contribution >= 0.6 is 15.9 Å². The van der Waals surface area contributed by atoms with Gasteiger partial charge in [0.25, 0.3) is 0 Å². The summed E-state index contributed by atoms with van der Waals surface area (Å²) < 4.78 is 1.08. The van der Waals surface area contributed by atoms with Crippen LogP contribution in [-0.2, 0) is 12.8 Å². The molecule has 3 nitrogen and oxygen atoms in total. The van der Waals surface area contributed by atoms with E-state index in [4.69, 9.17) is 5.73 Å². The quantitative estimate of drug-likeness (QED) is 0.941. The molecule has 2 rings (SSSR count). The molecule has 0 unspecified atom stereocenters. The molecule has 0 aliphatic carbocycles. The molecule has 0 saturated heterocycles. The average molecular weight is 292 g/mol. The molecule has 0 aliphatic heterocycles. The van der Waals surface area contributed by atoms with Crippen molar-refractivity contribution in [3.63, 3.8) is 0 Å². The van der Waals surface area contributed by atoms with E-state index in [2.05, 4.69) is 38.0 Å². The largest absolute Gasteiger partial charge is 0.330 e. The Labute approximate surface area is 109 Å². The number of halogens is 1. The zero-order chi connectivity index (χ0) is 12.1. The summed E-state index contributed by atoms with van der Waals surface area (Å²) in [5.74, 6) is 0.837. The third-order valence-corrected chi connectivity index (χ3v) is 2.94. The third kappa shape index (κ3) is 3.61. The molecule has 0 amide bonds. The molecule has 1 heterocycles. The van der Waals surface area contributed by atoms with E-state index in [9.17, 15) is 0 Å². The molecular formula is C13H14BrN3. The van der Waals surface area contributed by atoms with Gasteiger partial charge in [-0.2, -0.15) is 0 Å². The molecule has 0 radical (unpaired) electrons. The van der Waals surface area contributed by atoms with Gasteiger partial charge in [-0.25, -0.2) is 9.97 Å². The van der Waals surface area contributed by atoms with Crippen LogP contribution in [0.25, 0.3) is 0 Å². The van der Waals surface area contributed by atoms with E-state index >= 15 is 0 Å². The molecule has 1 aromatic carbocycles. The Morgan fingerprint density at radius 2 is 1.88 bits per heavy atom. The Kier molecular flexibility index (Phi) is 4.23. The van der Waals surface area contributed by atoms with Gasteiger partial charge in [-0.05, 0) is 36.2 Å². The van der Waals surface area contributed by atoms with Gasteiger partial charge in [0.15, 0.2) is 0 Å². The van der Waals surface area contributed by atoms with E-state index < -0.39 is 0 Å². The highest BCUT2D eigenvalue weighted by Crippen LogP contribution is 2.13. The normalized spacial score (nSPS) is 10.5. The lowest BCUT2D eigenvalue weighted by atomic mass is 10.1. The fourth-order valence-electron chi connectivity index (χ4n) is 1.60. The topological polar surface area (TPSA) is 51.8 Å². The van der Waals surface area contributed by atoms with Crippen molar-refractivity contribution in [2.75, 3.05) is 6.54 Å². The van der Waals surface area contributed by atoms with Gasteiger partial charge < -0.3 is 5.73 Å². The van der Waals surface area contributed by atoms with Crippen LogP contribution in [0.2, 0.25) is 0 Å². The second-order valence-electron chi connectivity index (χ2n) is 3.85. The van der Waals surface area contributed by atoms with Gasteiger partial charge in [0.2, 0.25) is 0 Å². The van der Waals surface area contributed by atoms with Crippen molar-refractivity contribution in [1.82, 2.24) is 9.97 Å². The van der Waals surface area contributed by atoms with Gasteiger partial charge in [-0.3, -0.25) is 0 Å². The first-order valence-electron chi connectivity index (χ1n) is 5.52. The molecule has 1 aromatic heterocycles. The minimum absolute atomic E-state index is 0.633. The maximum absolute atomic E-state index is 5.48. The van der Waals surface area contributed by atoms with Crippen LogP contribution in [0.1, 0.15) is 17.0 Å². The Morgan fingerprint density at radius 1 is 1.12 bits per heavy atom. The Hall–Kier alpha value is -1.26. The van der Waals surface area contributed by atoms with Crippen molar-refractivity contribution in [3.05, 3.63) is 58.1 Å². The van der Waals surface area contributed by atoms with E-state index in [0.29, 0.717) is 6.54 Å². The first kappa shape index (κ1) is 12.2. The second-order valence-corrected chi connectivity index (χ2v) is 4.77. The molecule has 2 N–H and O–H groups in total. The highest BCUT2D eigenvalue weighted by atomic mass is 79.9. The molecule has 88 valence electrons.